The van der Waals surface area contributed by atoms with Gasteiger partial charge in [-0.05, 0) is 43.8 Å². The summed E-state index contributed by atoms with van der Waals surface area (Å²) in [5, 5.41) is 3.23. The fourth-order valence-corrected chi connectivity index (χ4v) is 5.02. The average molecular weight is 507 g/mol. The molecule has 1 aromatic carbocycles. The zero-order valence-electron chi connectivity index (χ0n) is 20.9. The van der Waals surface area contributed by atoms with Crippen LogP contribution in [0.1, 0.15) is 37.8 Å². The number of nitrogens with one attached hydrogen (secondary N) is 1. The summed E-state index contributed by atoms with van der Waals surface area (Å²) in [6.07, 6.45) is 6.47. The first-order chi connectivity index (χ1) is 17.8. The molecule has 0 radical (unpaired) electrons. The van der Waals surface area contributed by atoms with Gasteiger partial charge in [-0.1, -0.05) is 11.6 Å². The van der Waals surface area contributed by atoms with Crippen molar-refractivity contribution in [1.82, 2.24) is 14.9 Å². The van der Waals surface area contributed by atoms with E-state index in [2.05, 4.69) is 26.4 Å². The molecule has 3 heterocycles. The number of piperazine rings is 1. The highest BCUT2D eigenvalue weighted by Crippen LogP contribution is 2.38. The van der Waals surface area contributed by atoms with Crippen LogP contribution in [0.2, 0.25) is 0 Å². The van der Waals surface area contributed by atoms with Crippen LogP contribution in [0.5, 0.6) is 11.8 Å². The summed E-state index contributed by atoms with van der Waals surface area (Å²) in [6.45, 7) is 6.35. The van der Waals surface area contributed by atoms with Crippen molar-refractivity contribution in [1.29, 1.82) is 0 Å². The van der Waals surface area contributed by atoms with Crippen LogP contribution >= 0.6 is 0 Å². The Kier molecular flexibility index (Phi) is 5.89. The van der Waals surface area contributed by atoms with Crippen molar-refractivity contribution in [2.24, 2.45) is 10.9 Å². The third kappa shape index (κ3) is 4.80. The van der Waals surface area contributed by atoms with E-state index in [1.54, 1.807) is 24.0 Å². The quantitative estimate of drug-likeness (QED) is 0.650. The lowest BCUT2D eigenvalue weighted by Crippen LogP contribution is -2.48. The van der Waals surface area contributed by atoms with E-state index in [9.17, 15) is 9.18 Å². The normalized spacial score (nSPS) is 18.9. The molecule has 2 fully saturated rings. The van der Waals surface area contributed by atoms with Crippen LogP contribution in [-0.2, 0) is 11.2 Å². The second-order valence-electron chi connectivity index (χ2n) is 10.0. The summed E-state index contributed by atoms with van der Waals surface area (Å²) in [5.41, 5.74) is 2.74. The van der Waals surface area contributed by atoms with Crippen LogP contribution in [0.25, 0.3) is 6.08 Å². The van der Waals surface area contributed by atoms with Crippen molar-refractivity contribution in [3.05, 3.63) is 52.1 Å². The van der Waals surface area contributed by atoms with Gasteiger partial charge >= 0.3 is 6.01 Å². The molecule has 2 aromatic rings. The summed E-state index contributed by atoms with van der Waals surface area (Å²) in [7, 11) is 0. The molecule has 10 heteroatoms. The topological polar surface area (TPSA) is 83.0 Å². The number of amidine groups is 1. The molecule has 192 valence electrons. The van der Waals surface area contributed by atoms with E-state index in [1.807, 2.05) is 11.8 Å². The minimum atomic E-state index is -0.635. The molecular formula is C27H28F2N6O2. The molecule has 1 aromatic heterocycles. The monoisotopic (exact) mass is 506 g/mol. The number of allylic oxidation sites excluding steroid dienone is 1. The Morgan fingerprint density at radius 3 is 2.62 bits per heavy atom. The third-order valence-electron chi connectivity index (χ3n) is 7.22. The molecule has 1 amide bonds. The standard InChI is InChI=1S/C27H28F2N6O2/c1-15-9-19-20(10-15)26(29)22(12-21(19)28)37-27-32-24(31-23-11-18(14-30-23)17-3-4-17)13-25(33-27)35-7-5-34(6-8-35)16(2)36/h10-13,17H,3-9,14H2,1-2H3,(H,30,31,32,33). The maximum absolute atomic E-state index is 15.3. The lowest BCUT2D eigenvalue weighted by atomic mass is 10.1. The smallest absolute Gasteiger partial charge is 0.326 e. The number of hydrogen-bond acceptors (Lipinski definition) is 7. The fraction of sp³-hybridized carbons (Fsp3) is 0.407. The van der Waals surface area contributed by atoms with Gasteiger partial charge in [0.25, 0.3) is 0 Å². The van der Waals surface area contributed by atoms with E-state index in [0.717, 1.165) is 11.6 Å². The first kappa shape index (κ1) is 23.6. The van der Waals surface area contributed by atoms with E-state index < -0.39 is 11.6 Å². The molecule has 37 heavy (non-hydrogen) atoms. The van der Waals surface area contributed by atoms with E-state index in [1.165, 1.54) is 18.4 Å². The van der Waals surface area contributed by atoms with Gasteiger partial charge < -0.3 is 19.9 Å². The molecule has 0 unspecified atom stereocenters. The number of fused-ring (bicyclic) bond motifs is 1. The van der Waals surface area contributed by atoms with E-state index in [0.29, 0.717) is 68.1 Å². The number of nitrogens with zero attached hydrogens (tertiary/aromatic N) is 5. The minimum Gasteiger partial charge on any atom is -0.421 e. The van der Waals surface area contributed by atoms with E-state index in [-0.39, 0.29) is 23.2 Å². The number of anilines is 2. The Morgan fingerprint density at radius 2 is 1.89 bits per heavy atom. The number of amides is 1. The zero-order valence-corrected chi connectivity index (χ0v) is 20.9. The molecule has 6 rings (SSSR count). The molecule has 8 nitrogen and oxygen atoms in total. The molecule has 0 spiro atoms. The van der Waals surface area contributed by atoms with Gasteiger partial charge in [-0.25, -0.2) is 8.78 Å². The summed E-state index contributed by atoms with van der Waals surface area (Å²) in [4.78, 5) is 29.1. The predicted octanol–water partition coefficient (Wildman–Crippen LogP) is 4.34. The van der Waals surface area contributed by atoms with Gasteiger partial charge in [0.05, 0.1) is 6.54 Å². The van der Waals surface area contributed by atoms with Crippen molar-refractivity contribution in [2.75, 3.05) is 42.9 Å². The van der Waals surface area contributed by atoms with E-state index in [4.69, 9.17) is 4.74 Å². The number of rotatable bonds is 5. The number of hydrogen-bond donors (Lipinski definition) is 1. The number of benzene rings is 1. The fourth-order valence-electron chi connectivity index (χ4n) is 5.02. The molecular weight excluding hydrogens is 478 g/mol. The van der Waals surface area contributed by atoms with Crippen molar-refractivity contribution >= 4 is 29.5 Å². The van der Waals surface area contributed by atoms with Crippen molar-refractivity contribution in [3.8, 4) is 11.8 Å². The number of halogens is 2. The van der Waals surface area contributed by atoms with Crippen LogP contribution in [0, 0.1) is 17.6 Å². The molecule has 0 atom stereocenters. The second kappa shape index (κ2) is 9.24. The molecule has 2 aliphatic heterocycles. The van der Waals surface area contributed by atoms with Crippen LogP contribution < -0.4 is 15.0 Å². The van der Waals surface area contributed by atoms with Crippen LogP contribution in [0.15, 0.2) is 34.3 Å². The SMILES string of the molecule is CC(=O)N1CCN(c2cc(NC3=NCC(C4CC4)=C3)nc(Oc3cc(F)c4c(c3F)C=C(C)C4)n2)CC1. The molecule has 1 saturated carbocycles. The van der Waals surface area contributed by atoms with Crippen LogP contribution in [0.4, 0.5) is 20.4 Å². The zero-order chi connectivity index (χ0) is 25.7. The summed E-state index contributed by atoms with van der Waals surface area (Å²) >= 11 is 0. The highest BCUT2D eigenvalue weighted by molar-refractivity contribution is 6.05. The van der Waals surface area contributed by atoms with Gasteiger partial charge in [-0.3, -0.25) is 9.79 Å². The van der Waals surface area contributed by atoms with Gasteiger partial charge in [0.2, 0.25) is 5.91 Å². The Labute approximate surface area is 213 Å². The number of aliphatic imine (C=N–C) groups is 1. The maximum Gasteiger partial charge on any atom is 0.326 e. The minimum absolute atomic E-state index is 0.0320. The summed E-state index contributed by atoms with van der Waals surface area (Å²) in [6, 6.07) is 2.74. The van der Waals surface area contributed by atoms with Gasteiger partial charge in [-0.15, -0.1) is 0 Å². The number of carbonyl (C=O) groups is 1. The average Bonchev–Trinajstić information content (AvgIpc) is 3.49. The van der Waals surface area contributed by atoms with Gasteiger partial charge in [0.1, 0.15) is 23.3 Å². The molecule has 1 saturated heterocycles. The lowest BCUT2D eigenvalue weighted by molar-refractivity contribution is -0.129. The Morgan fingerprint density at radius 1 is 1.11 bits per heavy atom. The molecule has 4 aliphatic rings. The Balaban J connectivity index is 1.30. The molecule has 0 bridgehead atoms. The van der Waals surface area contributed by atoms with Crippen molar-refractivity contribution in [2.45, 2.75) is 33.1 Å². The van der Waals surface area contributed by atoms with Gasteiger partial charge in [-0.2, -0.15) is 9.97 Å². The summed E-state index contributed by atoms with van der Waals surface area (Å²) in [5.74, 6) is 0.948. The summed E-state index contributed by atoms with van der Waals surface area (Å²) < 4.78 is 35.8. The van der Waals surface area contributed by atoms with Crippen molar-refractivity contribution in [3.63, 3.8) is 0 Å². The first-order valence-electron chi connectivity index (χ1n) is 12.6. The number of aromatic nitrogens is 2. The predicted molar refractivity (Wildman–Crippen MR) is 137 cm³/mol. The number of ether oxygens (including phenoxy) is 1. The largest absolute Gasteiger partial charge is 0.421 e. The maximum atomic E-state index is 15.3. The van der Waals surface area contributed by atoms with E-state index >= 15 is 4.39 Å². The highest BCUT2D eigenvalue weighted by Gasteiger charge is 2.29. The number of carbonyl (C=O) groups excluding carboxylic acids is 1. The third-order valence-corrected chi connectivity index (χ3v) is 7.22. The highest BCUT2D eigenvalue weighted by atomic mass is 19.1. The van der Waals surface area contributed by atoms with Crippen LogP contribution in [0.3, 0.4) is 0 Å². The van der Waals surface area contributed by atoms with Crippen LogP contribution in [-0.4, -0.2) is 59.3 Å². The van der Waals surface area contributed by atoms with Gasteiger partial charge in [0.15, 0.2) is 11.6 Å². The molecule has 2 aliphatic carbocycles. The Bertz CT molecular complexity index is 1370. The molecule has 1 N–H and O–H groups in total. The van der Waals surface area contributed by atoms with Crippen molar-refractivity contribution < 1.29 is 18.3 Å². The Hall–Kier alpha value is -3.82. The lowest BCUT2D eigenvalue weighted by Gasteiger charge is -2.35. The van der Waals surface area contributed by atoms with Gasteiger partial charge in [0, 0.05) is 56.4 Å². The first-order valence-corrected chi connectivity index (χ1v) is 12.6. The second-order valence-corrected chi connectivity index (χ2v) is 10.0.